The van der Waals surface area contributed by atoms with Crippen molar-refractivity contribution in [2.45, 2.75) is 6.92 Å². The quantitative estimate of drug-likeness (QED) is 0.646. The number of aryl methyl sites for hydroxylation is 1. The third-order valence-electron chi connectivity index (χ3n) is 0.855. The summed E-state index contributed by atoms with van der Waals surface area (Å²) in [5.41, 5.74) is 0.906. The Balaban J connectivity index is 3.19. The number of hydrogen-bond donors (Lipinski definition) is 2. The zero-order valence-electron chi connectivity index (χ0n) is 4.27. The summed E-state index contributed by atoms with van der Waals surface area (Å²) in [6.07, 6.45) is 0. The van der Waals surface area contributed by atoms with Crippen molar-refractivity contribution in [3.05, 3.63) is 9.26 Å². The molecule has 0 aliphatic heterocycles. The van der Waals surface area contributed by atoms with Crippen LogP contribution in [0.4, 0.5) is 0 Å². The van der Waals surface area contributed by atoms with Gasteiger partial charge in [0.25, 0.3) is 0 Å². The van der Waals surface area contributed by atoms with E-state index in [2.05, 4.69) is 10.2 Å². The highest BCUT2D eigenvalue weighted by molar-refractivity contribution is 14.1. The number of H-pyrrole nitrogens is 1. The molecular formula is C4H5IN2O. The van der Waals surface area contributed by atoms with E-state index < -0.39 is 0 Å². The zero-order chi connectivity index (χ0) is 6.15. The Hall–Kier alpha value is -0.260. The first-order valence-electron chi connectivity index (χ1n) is 2.11. The average molecular weight is 224 g/mol. The standard InChI is InChI=1S/C4H5IN2O/c1-2-3(5)4(8)7-6-2/h1H3,(H2,6,7,8). The lowest BCUT2D eigenvalue weighted by Crippen LogP contribution is -1.70. The number of hydrogen-bond acceptors (Lipinski definition) is 2. The van der Waals surface area contributed by atoms with Crippen LogP contribution in [0.2, 0.25) is 0 Å². The Labute approximate surface area is 60.2 Å². The molecular weight excluding hydrogens is 219 g/mol. The molecule has 0 aromatic carbocycles. The lowest BCUT2D eigenvalue weighted by molar-refractivity contribution is 0.448. The smallest absolute Gasteiger partial charge is 0.243 e. The van der Waals surface area contributed by atoms with Gasteiger partial charge in [0.2, 0.25) is 5.88 Å². The van der Waals surface area contributed by atoms with Gasteiger partial charge in [-0.1, -0.05) is 0 Å². The van der Waals surface area contributed by atoms with Crippen LogP contribution in [0, 0.1) is 10.5 Å². The summed E-state index contributed by atoms with van der Waals surface area (Å²) in [6, 6.07) is 0. The van der Waals surface area contributed by atoms with E-state index in [1.165, 1.54) is 0 Å². The van der Waals surface area contributed by atoms with E-state index in [1.54, 1.807) is 0 Å². The second kappa shape index (κ2) is 1.93. The molecule has 2 N–H and O–H groups in total. The van der Waals surface area contributed by atoms with Crippen molar-refractivity contribution >= 4 is 22.6 Å². The minimum absolute atomic E-state index is 0.0862. The van der Waals surface area contributed by atoms with E-state index >= 15 is 0 Å². The number of rotatable bonds is 0. The van der Waals surface area contributed by atoms with Gasteiger partial charge >= 0.3 is 0 Å². The van der Waals surface area contributed by atoms with Gasteiger partial charge in [-0.2, -0.15) is 0 Å². The molecule has 0 amide bonds. The Morgan fingerprint density at radius 2 is 2.38 bits per heavy atom. The number of aromatic amines is 1. The molecule has 0 aliphatic carbocycles. The number of halogens is 1. The molecule has 1 aromatic rings. The molecule has 0 spiro atoms. The molecule has 0 fully saturated rings. The Bertz CT molecular complexity index is 176. The maximum absolute atomic E-state index is 8.79. The second-order valence-corrected chi connectivity index (χ2v) is 2.56. The van der Waals surface area contributed by atoms with Gasteiger partial charge in [-0.15, -0.1) is 5.10 Å². The van der Waals surface area contributed by atoms with Crippen LogP contribution in [0.25, 0.3) is 0 Å². The van der Waals surface area contributed by atoms with Gasteiger partial charge in [0, 0.05) is 5.69 Å². The molecule has 1 aromatic heterocycles. The Morgan fingerprint density at radius 1 is 1.75 bits per heavy atom. The molecule has 0 saturated carbocycles. The van der Waals surface area contributed by atoms with Crippen LogP contribution in [0.5, 0.6) is 5.88 Å². The lowest BCUT2D eigenvalue weighted by Gasteiger charge is -1.80. The summed E-state index contributed by atoms with van der Waals surface area (Å²) in [5.74, 6) is 0.0862. The van der Waals surface area contributed by atoms with Gasteiger partial charge in [0.05, 0.1) is 3.57 Å². The number of nitrogens with zero attached hydrogens (tertiary/aromatic N) is 1. The summed E-state index contributed by atoms with van der Waals surface area (Å²) < 4.78 is 0.794. The molecule has 1 rings (SSSR count). The van der Waals surface area contributed by atoms with Gasteiger partial charge in [-0.25, -0.2) is 0 Å². The van der Waals surface area contributed by atoms with E-state index in [0.29, 0.717) is 0 Å². The maximum atomic E-state index is 8.79. The lowest BCUT2D eigenvalue weighted by atomic mass is 10.5. The van der Waals surface area contributed by atoms with Crippen LogP contribution >= 0.6 is 22.6 Å². The van der Waals surface area contributed by atoms with Crippen LogP contribution in [0.1, 0.15) is 5.69 Å². The average Bonchev–Trinajstić information content (AvgIpc) is 1.98. The van der Waals surface area contributed by atoms with E-state index in [4.69, 9.17) is 5.11 Å². The zero-order valence-corrected chi connectivity index (χ0v) is 6.43. The molecule has 0 saturated heterocycles. The van der Waals surface area contributed by atoms with Crippen molar-refractivity contribution in [1.82, 2.24) is 10.2 Å². The first-order valence-corrected chi connectivity index (χ1v) is 3.19. The van der Waals surface area contributed by atoms with Crippen LogP contribution < -0.4 is 0 Å². The summed E-state index contributed by atoms with van der Waals surface area (Å²) in [6.45, 7) is 1.86. The Kier molecular flexibility index (Phi) is 1.41. The number of nitrogens with one attached hydrogen (secondary N) is 1. The molecule has 8 heavy (non-hydrogen) atoms. The molecule has 0 unspecified atom stereocenters. The highest BCUT2D eigenvalue weighted by Crippen LogP contribution is 2.17. The summed E-state index contributed by atoms with van der Waals surface area (Å²) in [7, 11) is 0. The van der Waals surface area contributed by atoms with Gasteiger partial charge in [-0.05, 0) is 29.5 Å². The number of aromatic hydroxyl groups is 1. The number of aromatic nitrogens is 2. The van der Waals surface area contributed by atoms with Crippen molar-refractivity contribution in [2.75, 3.05) is 0 Å². The van der Waals surface area contributed by atoms with E-state index in [1.807, 2.05) is 29.5 Å². The first kappa shape index (κ1) is 5.87. The summed E-state index contributed by atoms with van der Waals surface area (Å²) in [4.78, 5) is 0. The first-order chi connectivity index (χ1) is 3.72. The van der Waals surface area contributed by atoms with E-state index in [9.17, 15) is 0 Å². The molecule has 44 valence electrons. The van der Waals surface area contributed by atoms with Crippen LogP contribution in [-0.4, -0.2) is 15.3 Å². The Morgan fingerprint density at radius 3 is 2.50 bits per heavy atom. The maximum Gasteiger partial charge on any atom is 0.243 e. The molecule has 1 heterocycles. The third-order valence-corrected chi connectivity index (χ3v) is 2.15. The molecule has 0 radical (unpaired) electrons. The summed E-state index contributed by atoms with van der Waals surface area (Å²) >= 11 is 2.02. The topological polar surface area (TPSA) is 48.9 Å². The highest BCUT2D eigenvalue weighted by atomic mass is 127. The second-order valence-electron chi connectivity index (χ2n) is 1.49. The molecule has 3 nitrogen and oxygen atoms in total. The molecule has 0 bridgehead atoms. The minimum Gasteiger partial charge on any atom is -0.491 e. The van der Waals surface area contributed by atoms with Crippen molar-refractivity contribution in [3.8, 4) is 5.88 Å². The minimum atomic E-state index is 0.0862. The third kappa shape index (κ3) is 0.795. The fourth-order valence-corrected chi connectivity index (χ4v) is 0.644. The predicted molar refractivity (Wildman–Crippen MR) is 37.7 cm³/mol. The highest BCUT2D eigenvalue weighted by Gasteiger charge is 2.01. The summed E-state index contributed by atoms with van der Waals surface area (Å²) in [5, 5.41) is 15.0. The van der Waals surface area contributed by atoms with Crippen LogP contribution in [0.15, 0.2) is 0 Å². The van der Waals surface area contributed by atoms with Crippen molar-refractivity contribution < 1.29 is 5.11 Å². The van der Waals surface area contributed by atoms with Crippen LogP contribution in [0.3, 0.4) is 0 Å². The molecule has 4 heteroatoms. The fraction of sp³-hybridized carbons (Fsp3) is 0.250. The van der Waals surface area contributed by atoms with Crippen molar-refractivity contribution in [1.29, 1.82) is 0 Å². The SMILES string of the molecule is Cc1[nH]nc(O)c1I. The molecule has 0 atom stereocenters. The monoisotopic (exact) mass is 224 g/mol. The molecule has 0 aliphatic rings. The van der Waals surface area contributed by atoms with Crippen LogP contribution in [-0.2, 0) is 0 Å². The predicted octanol–water partition coefficient (Wildman–Crippen LogP) is 1.03. The van der Waals surface area contributed by atoms with Gasteiger partial charge < -0.3 is 5.11 Å². The van der Waals surface area contributed by atoms with E-state index in [0.717, 1.165) is 9.26 Å². The van der Waals surface area contributed by atoms with Gasteiger partial charge in [-0.3, -0.25) is 5.10 Å². The van der Waals surface area contributed by atoms with Gasteiger partial charge in [0.1, 0.15) is 0 Å². The van der Waals surface area contributed by atoms with Gasteiger partial charge in [0.15, 0.2) is 0 Å². The van der Waals surface area contributed by atoms with Crippen molar-refractivity contribution in [2.24, 2.45) is 0 Å². The fourth-order valence-electron chi connectivity index (χ4n) is 0.403. The van der Waals surface area contributed by atoms with E-state index in [-0.39, 0.29) is 5.88 Å². The largest absolute Gasteiger partial charge is 0.491 e. The normalized spacial score (nSPS) is 9.75. The van der Waals surface area contributed by atoms with Crippen molar-refractivity contribution in [3.63, 3.8) is 0 Å².